The number of carbonyl (C=O) groups is 1. The number of carbonyl (C=O) groups excluding carboxylic acids is 1. The molecule has 27 heavy (non-hydrogen) atoms. The van der Waals surface area contributed by atoms with Gasteiger partial charge in [-0.1, -0.05) is 25.1 Å². The van der Waals surface area contributed by atoms with Gasteiger partial charge in [-0.25, -0.2) is 8.42 Å². The van der Waals surface area contributed by atoms with Gasteiger partial charge in [-0.2, -0.15) is 0 Å². The van der Waals surface area contributed by atoms with Crippen molar-refractivity contribution in [3.63, 3.8) is 0 Å². The van der Waals surface area contributed by atoms with Crippen LogP contribution in [0.4, 0.5) is 11.4 Å². The van der Waals surface area contributed by atoms with Gasteiger partial charge in [0.2, 0.25) is 15.9 Å². The number of aryl methyl sites for hydroxylation is 4. The first-order chi connectivity index (χ1) is 12.5. The molecule has 2 aromatic rings. The van der Waals surface area contributed by atoms with Crippen LogP contribution in [0.3, 0.4) is 0 Å². The van der Waals surface area contributed by atoms with Crippen molar-refractivity contribution in [2.24, 2.45) is 0 Å². The Morgan fingerprint density at radius 2 is 1.63 bits per heavy atom. The number of benzene rings is 2. The van der Waals surface area contributed by atoms with E-state index in [0.29, 0.717) is 17.8 Å². The van der Waals surface area contributed by atoms with Gasteiger partial charge in [-0.15, -0.1) is 0 Å². The Labute approximate surface area is 162 Å². The van der Waals surface area contributed by atoms with Gasteiger partial charge in [-0.05, 0) is 74.6 Å². The molecule has 1 N–H and O–H groups in total. The fourth-order valence-corrected chi connectivity index (χ4v) is 4.30. The third kappa shape index (κ3) is 4.89. The Balaban J connectivity index is 2.44. The first-order valence-corrected chi connectivity index (χ1v) is 10.8. The predicted molar refractivity (Wildman–Crippen MR) is 112 cm³/mol. The Hall–Kier alpha value is -2.34. The third-order valence-corrected chi connectivity index (χ3v) is 5.87. The van der Waals surface area contributed by atoms with Crippen LogP contribution >= 0.6 is 0 Å². The van der Waals surface area contributed by atoms with Gasteiger partial charge in [-0.3, -0.25) is 9.10 Å². The van der Waals surface area contributed by atoms with Crippen molar-refractivity contribution < 1.29 is 13.2 Å². The van der Waals surface area contributed by atoms with Gasteiger partial charge in [0.1, 0.15) is 6.04 Å². The minimum absolute atomic E-state index is 0.341. The van der Waals surface area contributed by atoms with E-state index in [2.05, 4.69) is 5.32 Å². The molecule has 0 unspecified atom stereocenters. The molecule has 2 rings (SSSR count). The van der Waals surface area contributed by atoms with E-state index in [4.69, 9.17) is 0 Å². The summed E-state index contributed by atoms with van der Waals surface area (Å²) in [7, 11) is -3.65. The molecule has 0 saturated carbocycles. The maximum Gasteiger partial charge on any atom is 0.248 e. The van der Waals surface area contributed by atoms with Crippen molar-refractivity contribution in [1.29, 1.82) is 0 Å². The largest absolute Gasteiger partial charge is 0.324 e. The van der Waals surface area contributed by atoms with Crippen LogP contribution in [-0.4, -0.2) is 26.6 Å². The normalized spacial score (nSPS) is 12.5. The number of anilines is 2. The molecule has 0 bridgehead atoms. The van der Waals surface area contributed by atoms with Crippen molar-refractivity contribution in [3.8, 4) is 0 Å². The maximum atomic E-state index is 13.0. The van der Waals surface area contributed by atoms with E-state index in [1.165, 1.54) is 4.31 Å². The lowest BCUT2D eigenvalue weighted by Gasteiger charge is -2.31. The van der Waals surface area contributed by atoms with E-state index in [-0.39, 0.29) is 5.91 Å². The maximum absolute atomic E-state index is 13.0. The van der Waals surface area contributed by atoms with E-state index >= 15 is 0 Å². The fraction of sp³-hybridized carbons (Fsp3) is 0.381. The lowest BCUT2D eigenvalue weighted by molar-refractivity contribution is -0.117. The van der Waals surface area contributed by atoms with Crippen LogP contribution in [0, 0.1) is 27.7 Å². The molecule has 2 aromatic carbocycles. The Bertz CT molecular complexity index is 952. The van der Waals surface area contributed by atoms with Crippen LogP contribution in [0.2, 0.25) is 0 Å². The van der Waals surface area contributed by atoms with Gasteiger partial charge in [0.15, 0.2) is 0 Å². The molecule has 0 aliphatic carbocycles. The van der Waals surface area contributed by atoms with Crippen molar-refractivity contribution in [1.82, 2.24) is 0 Å². The van der Waals surface area contributed by atoms with Crippen molar-refractivity contribution in [2.45, 2.75) is 47.1 Å². The van der Waals surface area contributed by atoms with Gasteiger partial charge in [0, 0.05) is 5.69 Å². The first-order valence-electron chi connectivity index (χ1n) is 8.99. The molecule has 0 aliphatic rings. The molecule has 0 aliphatic heterocycles. The minimum Gasteiger partial charge on any atom is -0.324 e. The average molecular weight is 389 g/mol. The summed E-state index contributed by atoms with van der Waals surface area (Å²) in [5.74, 6) is -0.341. The number of hydrogen-bond donors (Lipinski definition) is 1. The smallest absolute Gasteiger partial charge is 0.248 e. The van der Waals surface area contributed by atoms with Crippen LogP contribution < -0.4 is 9.62 Å². The standard InChI is InChI=1S/C21H28N2O3S/c1-7-19(21(24)22-18-11-10-15(3)17(5)13-18)23(27(6,25)26)20-12-14(2)8-9-16(20)4/h8-13,19H,7H2,1-6H3,(H,22,24)/t19-/m1/s1. The minimum atomic E-state index is -3.65. The molecule has 5 nitrogen and oxygen atoms in total. The van der Waals surface area contributed by atoms with E-state index in [9.17, 15) is 13.2 Å². The summed E-state index contributed by atoms with van der Waals surface area (Å²) < 4.78 is 26.4. The molecule has 0 saturated heterocycles. The first kappa shape index (κ1) is 21.0. The van der Waals surface area contributed by atoms with E-state index in [1.54, 1.807) is 0 Å². The summed E-state index contributed by atoms with van der Waals surface area (Å²) in [6.45, 7) is 9.54. The number of amides is 1. The summed E-state index contributed by atoms with van der Waals surface area (Å²) >= 11 is 0. The quantitative estimate of drug-likeness (QED) is 0.810. The summed E-state index contributed by atoms with van der Waals surface area (Å²) in [5.41, 5.74) is 5.15. The lowest BCUT2D eigenvalue weighted by atomic mass is 10.1. The van der Waals surface area contributed by atoms with E-state index in [1.807, 2.05) is 71.0 Å². The predicted octanol–water partition coefficient (Wildman–Crippen LogP) is 4.10. The summed E-state index contributed by atoms with van der Waals surface area (Å²) in [6, 6.07) is 10.4. The van der Waals surface area contributed by atoms with Crippen molar-refractivity contribution >= 4 is 27.3 Å². The van der Waals surface area contributed by atoms with Crippen molar-refractivity contribution in [2.75, 3.05) is 15.9 Å². The van der Waals surface area contributed by atoms with Crippen LogP contribution in [0.25, 0.3) is 0 Å². The number of hydrogen-bond acceptors (Lipinski definition) is 3. The molecule has 1 amide bonds. The topological polar surface area (TPSA) is 66.5 Å². The molecular weight excluding hydrogens is 360 g/mol. The molecule has 0 aromatic heterocycles. The van der Waals surface area contributed by atoms with Crippen LogP contribution in [0.1, 0.15) is 35.6 Å². The SMILES string of the molecule is CC[C@H](C(=O)Nc1ccc(C)c(C)c1)N(c1cc(C)ccc1C)S(C)(=O)=O. The van der Waals surface area contributed by atoms with Crippen LogP contribution in [-0.2, 0) is 14.8 Å². The van der Waals surface area contributed by atoms with Gasteiger partial charge in [0.25, 0.3) is 0 Å². The molecule has 6 heteroatoms. The molecule has 1 atom stereocenters. The molecule has 0 fully saturated rings. The Morgan fingerprint density at radius 3 is 2.19 bits per heavy atom. The highest BCUT2D eigenvalue weighted by atomic mass is 32.2. The third-order valence-electron chi connectivity index (χ3n) is 4.71. The summed E-state index contributed by atoms with van der Waals surface area (Å²) in [4.78, 5) is 13.0. The van der Waals surface area contributed by atoms with Crippen LogP contribution in [0.15, 0.2) is 36.4 Å². The van der Waals surface area contributed by atoms with Gasteiger partial charge < -0.3 is 5.32 Å². The second-order valence-electron chi connectivity index (χ2n) is 7.06. The molecule has 0 spiro atoms. The van der Waals surface area contributed by atoms with E-state index < -0.39 is 16.1 Å². The molecule has 0 heterocycles. The van der Waals surface area contributed by atoms with Crippen LogP contribution in [0.5, 0.6) is 0 Å². The fourth-order valence-electron chi connectivity index (χ4n) is 3.04. The molecule has 146 valence electrons. The second-order valence-corrected chi connectivity index (χ2v) is 8.92. The number of nitrogens with one attached hydrogen (secondary N) is 1. The zero-order valence-corrected chi connectivity index (χ0v) is 17.6. The number of sulfonamides is 1. The summed E-state index contributed by atoms with van der Waals surface area (Å²) in [5, 5.41) is 2.87. The highest BCUT2D eigenvalue weighted by Gasteiger charge is 2.32. The second kappa shape index (κ2) is 8.13. The monoisotopic (exact) mass is 388 g/mol. The van der Waals surface area contributed by atoms with Gasteiger partial charge >= 0.3 is 0 Å². The average Bonchev–Trinajstić information content (AvgIpc) is 2.57. The number of rotatable bonds is 6. The van der Waals surface area contributed by atoms with Crippen molar-refractivity contribution in [3.05, 3.63) is 58.7 Å². The highest BCUT2D eigenvalue weighted by Crippen LogP contribution is 2.28. The highest BCUT2D eigenvalue weighted by molar-refractivity contribution is 7.92. The Kier molecular flexibility index (Phi) is 6.31. The molecular formula is C21H28N2O3S. The zero-order chi connectivity index (χ0) is 20.4. The van der Waals surface area contributed by atoms with E-state index in [0.717, 1.165) is 28.5 Å². The zero-order valence-electron chi connectivity index (χ0n) is 16.8. The van der Waals surface area contributed by atoms with Gasteiger partial charge in [0.05, 0.1) is 11.9 Å². The molecule has 0 radical (unpaired) electrons. The number of nitrogens with zero attached hydrogens (tertiary/aromatic N) is 1. The summed E-state index contributed by atoms with van der Waals surface area (Å²) in [6.07, 6.45) is 1.50. The lowest BCUT2D eigenvalue weighted by Crippen LogP contribution is -2.47. The Morgan fingerprint density at radius 1 is 1.00 bits per heavy atom.